The summed E-state index contributed by atoms with van der Waals surface area (Å²) in [6.45, 7) is 0.840. The van der Waals surface area contributed by atoms with Gasteiger partial charge in [-0.1, -0.05) is 0 Å². The van der Waals surface area contributed by atoms with Gasteiger partial charge >= 0.3 is 6.18 Å². The fourth-order valence-corrected chi connectivity index (χ4v) is 2.42. The fraction of sp³-hybridized carbons (Fsp3) is 0.333. The highest BCUT2D eigenvalue weighted by Crippen LogP contribution is 2.28. The van der Waals surface area contributed by atoms with E-state index in [0.29, 0.717) is 15.8 Å². The maximum Gasteiger partial charge on any atom is 0.407 e. The van der Waals surface area contributed by atoms with E-state index in [1.165, 1.54) is 23.1 Å². The summed E-state index contributed by atoms with van der Waals surface area (Å²) in [5, 5.41) is 0. The van der Waals surface area contributed by atoms with Crippen LogP contribution in [0.25, 0.3) is 11.2 Å². The zero-order valence-electron chi connectivity index (χ0n) is 11.7. The molecule has 3 N–H and O–H groups in total. The summed E-state index contributed by atoms with van der Waals surface area (Å²) in [7, 11) is 0. The number of aryl methyl sites for hydroxylation is 1. The topological polar surface area (TPSA) is 103 Å². The Kier molecular flexibility index (Phi) is 4.71. The number of carbonyl (C=O) groups is 2. The number of aromatic nitrogens is 3. The van der Waals surface area contributed by atoms with Gasteiger partial charge < -0.3 is 4.57 Å². The van der Waals surface area contributed by atoms with Gasteiger partial charge in [0.05, 0.1) is 12.1 Å². The molecule has 0 saturated carbocycles. The molecule has 0 saturated heterocycles. The first-order valence-corrected chi connectivity index (χ1v) is 7.02. The van der Waals surface area contributed by atoms with Gasteiger partial charge in [-0.2, -0.15) is 13.2 Å². The van der Waals surface area contributed by atoms with Gasteiger partial charge in [0.25, 0.3) is 5.91 Å². The van der Waals surface area contributed by atoms with Crippen LogP contribution in [0.4, 0.5) is 13.2 Å². The molecular formula is C12H11BrF3N5O2. The number of carbonyl (C=O) groups excluding carboxylic acids is 2. The highest BCUT2D eigenvalue weighted by atomic mass is 79.9. The molecule has 2 rings (SSSR count). The predicted octanol–water partition coefficient (Wildman–Crippen LogP) is 1.24. The molecule has 0 fully saturated rings. The van der Waals surface area contributed by atoms with Crippen LogP contribution in [0.15, 0.2) is 16.7 Å². The Morgan fingerprint density at radius 3 is 2.70 bits per heavy atom. The van der Waals surface area contributed by atoms with Gasteiger partial charge in [0.2, 0.25) is 0 Å². The lowest BCUT2D eigenvalue weighted by Crippen LogP contribution is -2.47. The normalized spacial score (nSPS) is 13.1. The molecule has 2 aromatic heterocycles. The van der Waals surface area contributed by atoms with Crippen molar-refractivity contribution in [3.8, 4) is 0 Å². The van der Waals surface area contributed by atoms with E-state index < -0.39 is 30.3 Å². The molecule has 23 heavy (non-hydrogen) atoms. The van der Waals surface area contributed by atoms with Crippen molar-refractivity contribution in [2.24, 2.45) is 11.8 Å². The molecule has 124 valence electrons. The molecule has 2 heterocycles. The van der Waals surface area contributed by atoms with Crippen molar-refractivity contribution in [2.75, 3.05) is 0 Å². The molecule has 0 aromatic carbocycles. The van der Waals surface area contributed by atoms with Crippen molar-refractivity contribution < 1.29 is 22.8 Å². The number of hydrazine groups is 1. The molecule has 1 atom stereocenters. The van der Waals surface area contributed by atoms with E-state index in [1.54, 1.807) is 6.07 Å². The van der Waals surface area contributed by atoms with E-state index in [9.17, 15) is 22.8 Å². The van der Waals surface area contributed by atoms with Crippen LogP contribution < -0.4 is 11.3 Å². The number of nitrogens with one attached hydrogen (secondary N) is 1. The number of Topliss-reactive ketones (excluding diaryl/α,β-unsaturated/α-hetero) is 1. The maximum atomic E-state index is 12.9. The SMILES string of the molecule is Cc1nc2ncc(Br)cc2n1CC(=O)C(C(=O)NN)C(F)(F)F. The molecule has 0 bridgehead atoms. The van der Waals surface area contributed by atoms with Crippen LogP contribution in [-0.4, -0.2) is 32.4 Å². The third kappa shape index (κ3) is 3.50. The largest absolute Gasteiger partial charge is 0.407 e. The van der Waals surface area contributed by atoms with Crippen LogP contribution in [0, 0.1) is 12.8 Å². The fourth-order valence-electron chi connectivity index (χ4n) is 2.10. The number of pyridine rings is 1. The number of hydrogen-bond donors (Lipinski definition) is 2. The molecule has 0 radical (unpaired) electrons. The average Bonchev–Trinajstić information content (AvgIpc) is 2.73. The minimum Gasteiger partial charge on any atom is -0.319 e. The summed E-state index contributed by atoms with van der Waals surface area (Å²) in [5.74, 6) is -0.762. The number of hydrogen-bond acceptors (Lipinski definition) is 5. The molecule has 7 nitrogen and oxygen atoms in total. The van der Waals surface area contributed by atoms with Gasteiger partial charge in [-0.05, 0) is 28.9 Å². The van der Waals surface area contributed by atoms with Crippen LogP contribution in [0.2, 0.25) is 0 Å². The monoisotopic (exact) mass is 393 g/mol. The molecular weight excluding hydrogens is 383 g/mol. The predicted molar refractivity (Wildman–Crippen MR) is 76.8 cm³/mol. The van der Waals surface area contributed by atoms with Crippen LogP contribution in [0.5, 0.6) is 0 Å². The molecule has 1 unspecified atom stereocenters. The van der Waals surface area contributed by atoms with Crippen LogP contribution in [0.1, 0.15) is 5.82 Å². The molecule has 0 spiro atoms. The minimum atomic E-state index is -5.04. The highest BCUT2D eigenvalue weighted by molar-refractivity contribution is 9.10. The number of alkyl halides is 3. The van der Waals surface area contributed by atoms with E-state index in [4.69, 9.17) is 5.84 Å². The highest BCUT2D eigenvalue weighted by Gasteiger charge is 2.49. The zero-order valence-corrected chi connectivity index (χ0v) is 13.3. The summed E-state index contributed by atoms with van der Waals surface area (Å²) in [6, 6.07) is 1.57. The van der Waals surface area contributed by atoms with Gasteiger partial charge in [0.15, 0.2) is 17.3 Å². The molecule has 2 aromatic rings. The lowest BCUT2D eigenvalue weighted by atomic mass is 10.0. The summed E-state index contributed by atoms with van der Waals surface area (Å²) in [4.78, 5) is 31.4. The van der Waals surface area contributed by atoms with Crippen molar-refractivity contribution >= 4 is 38.8 Å². The number of imidazole rings is 1. The standard InChI is InChI=1S/C12H11BrF3N5O2/c1-5-19-10-7(2-6(13)3-18-10)21(5)4-8(22)9(11(23)20-17)12(14,15)16/h2-3,9H,4,17H2,1H3,(H,20,23). The number of rotatable bonds is 4. The second-order valence-electron chi connectivity index (χ2n) is 4.69. The third-order valence-electron chi connectivity index (χ3n) is 3.13. The first-order valence-electron chi connectivity index (χ1n) is 6.23. The van der Waals surface area contributed by atoms with E-state index >= 15 is 0 Å². The van der Waals surface area contributed by atoms with Crippen molar-refractivity contribution in [1.29, 1.82) is 0 Å². The summed E-state index contributed by atoms with van der Waals surface area (Å²) >= 11 is 3.19. The number of fused-ring (bicyclic) bond motifs is 1. The average molecular weight is 394 g/mol. The van der Waals surface area contributed by atoms with Crippen LogP contribution in [0.3, 0.4) is 0 Å². The second kappa shape index (κ2) is 6.24. The van der Waals surface area contributed by atoms with E-state index in [1.807, 2.05) is 0 Å². The molecule has 0 aliphatic heterocycles. The summed E-state index contributed by atoms with van der Waals surface area (Å²) < 4.78 is 40.6. The first-order chi connectivity index (χ1) is 10.6. The van der Waals surface area contributed by atoms with Gasteiger partial charge in [-0.3, -0.25) is 15.0 Å². The van der Waals surface area contributed by atoms with Crippen molar-refractivity contribution in [3.63, 3.8) is 0 Å². The summed E-state index contributed by atoms with van der Waals surface area (Å²) in [6.07, 6.45) is -3.56. The van der Waals surface area contributed by atoms with Gasteiger partial charge in [-0.15, -0.1) is 0 Å². The Morgan fingerprint density at radius 1 is 1.48 bits per heavy atom. The number of ketones is 1. The van der Waals surface area contributed by atoms with E-state index in [0.717, 1.165) is 0 Å². The van der Waals surface area contributed by atoms with Gasteiger partial charge in [-0.25, -0.2) is 15.8 Å². The first kappa shape index (κ1) is 17.3. The zero-order chi connectivity index (χ0) is 17.4. The Morgan fingerprint density at radius 2 is 2.13 bits per heavy atom. The quantitative estimate of drug-likeness (QED) is 0.352. The lowest BCUT2D eigenvalue weighted by Gasteiger charge is -2.18. The third-order valence-corrected chi connectivity index (χ3v) is 3.56. The molecule has 1 amide bonds. The van der Waals surface area contributed by atoms with E-state index in [2.05, 4.69) is 25.9 Å². The maximum absolute atomic E-state index is 12.9. The lowest BCUT2D eigenvalue weighted by molar-refractivity contribution is -0.186. The van der Waals surface area contributed by atoms with Crippen molar-refractivity contribution in [2.45, 2.75) is 19.6 Å². The number of nitrogens with two attached hydrogens (primary N) is 1. The Hall–Kier alpha value is -2.01. The Bertz CT molecular complexity index is 774. The van der Waals surface area contributed by atoms with Gasteiger partial charge in [0, 0.05) is 10.7 Å². The molecule has 11 heteroatoms. The number of halogens is 4. The van der Waals surface area contributed by atoms with Crippen molar-refractivity contribution in [1.82, 2.24) is 20.0 Å². The minimum absolute atomic E-state index is 0.283. The summed E-state index contributed by atoms with van der Waals surface area (Å²) in [5.41, 5.74) is 2.03. The van der Waals surface area contributed by atoms with Crippen LogP contribution in [-0.2, 0) is 16.1 Å². The smallest absolute Gasteiger partial charge is 0.319 e. The number of amides is 1. The van der Waals surface area contributed by atoms with Crippen molar-refractivity contribution in [3.05, 3.63) is 22.6 Å². The second-order valence-corrected chi connectivity index (χ2v) is 5.61. The molecule has 0 aliphatic rings. The van der Waals surface area contributed by atoms with Gasteiger partial charge in [0.1, 0.15) is 5.82 Å². The Balaban J connectivity index is 2.41. The molecule has 0 aliphatic carbocycles. The number of nitrogens with zero attached hydrogens (tertiary/aromatic N) is 3. The van der Waals surface area contributed by atoms with E-state index in [-0.39, 0.29) is 5.65 Å². The van der Waals surface area contributed by atoms with Crippen LogP contribution >= 0.6 is 15.9 Å². The Labute approximate surface area is 136 Å².